The molecule has 0 aliphatic carbocycles. The summed E-state index contributed by atoms with van der Waals surface area (Å²) in [5.74, 6) is -0.497. The molecule has 1 aliphatic heterocycles. The molecule has 126 valence electrons. The number of aliphatic hydroxyl groups excluding tert-OH is 1. The standard InChI is InChI=1S/C16H32O5/c1-13-11-14(21-15(2,3)20-13)7-6-8-16(4,9-10-17)19-12-18-5/h13-14,17H,6-12H2,1-5H3/t13-,14+,16-/m0/s1. The van der Waals surface area contributed by atoms with Crippen LogP contribution < -0.4 is 0 Å². The smallest absolute Gasteiger partial charge is 0.163 e. The van der Waals surface area contributed by atoms with Crippen molar-refractivity contribution in [2.24, 2.45) is 0 Å². The van der Waals surface area contributed by atoms with Crippen LogP contribution in [0, 0.1) is 0 Å². The van der Waals surface area contributed by atoms with E-state index in [2.05, 4.69) is 6.92 Å². The van der Waals surface area contributed by atoms with E-state index in [1.807, 2.05) is 20.8 Å². The first-order valence-corrected chi connectivity index (χ1v) is 7.89. The third-order valence-corrected chi connectivity index (χ3v) is 3.93. The minimum Gasteiger partial charge on any atom is -0.396 e. The van der Waals surface area contributed by atoms with Crippen molar-refractivity contribution < 1.29 is 24.1 Å². The maximum absolute atomic E-state index is 9.19. The maximum Gasteiger partial charge on any atom is 0.163 e. The Kier molecular flexibility index (Phi) is 7.57. The molecule has 21 heavy (non-hydrogen) atoms. The molecule has 5 nitrogen and oxygen atoms in total. The normalized spacial score (nSPS) is 28.3. The van der Waals surface area contributed by atoms with Gasteiger partial charge in [0.05, 0.1) is 17.8 Å². The van der Waals surface area contributed by atoms with Crippen LogP contribution in [0.4, 0.5) is 0 Å². The highest BCUT2D eigenvalue weighted by molar-refractivity contribution is 4.78. The molecule has 1 heterocycles. The molecule has 0 spiro atoms. The predicted molar refractivity (Wildman–Crippen MR) is 81.0 cm³/mol. The Balaban J connectivity index is 2.39. The zero-order valence-corrected chi connectivity index (χ0v) is 14.2. The molecule has 0 aromatic heterocycles. The van der Waals surface area contributed by atoms with Crippen LogP contribution in [-0.2, 0) is 18.9 Å². The van der Waals surface area contributed by atoms with Crippen molar-refractivity contribution in [2.75, 3.05) is 20.5 Å². The number of methoxy groups -OCH3 is 1. The van der Waals surface area contributed by atoms with Crippen molar-refractivity contribution in [1.29, 1.82) is 0 Å². The molecule has 0 aromatic carbocycles. The zero-order chi connectivity index (χ0) is 15.9. The Morgan fingerprint density at radius 2 is 2.00 bits per heavy atom. The van der Waals surface area contributed by atoms with E-state index in [-0.39, 0.29) is 31.2 Å². The highest BCUT2D eigenvalue weighted by Crippen LogP contribution is 2.30. The number of hydrogen-bond acceptors (Lipinski definition) is 5. The Morgan fingerprint density at radius 1 is 1.29 bits per heavy atom. The van der Waals surface area contributed by atoms with Gasteiger partial charge in [0.2, 0.25) is 0 Å². The van der Waals surface area contributed by atoms with E-state index >= 15 is 0 Å². The van der Waals surface area contributed by atoms with Crippen LogP contribution in [0.2, 0.25) is 0 Å². The summed E-state index contributed by atoms with van der Waals surface area (Å²) in [5, 5.41) is 9.19. The van der Waals surface area contributed by atoms with E-state index in [1.165, 1.54) is 0 Å². The average molecular weight is 304 g/mol. The van der Waals surface area contributed by atoms with Crippen LogP contribution in [0.3, 0.4) is 0 Å². The first-order valence-electron chi connectivity index (χ1n) is 7.89. The number of hydrogen-bond donors (Lipinski definition) is 1. The summed E-state index contributed by atoms with van der Waals surface area (Å²) in [6.07, 6.45) is 4.86. The predicted octanol–water partition coefficient (Wildman–Crippen LogP) is 2.85. The first kappa shape index (κ1) is 18.8. The summed E-state index contributed by atoms with van der Waals surface area (Å²) in [5.41, 5.74) is -0.336. The van der Waals surface area contributed by atoms with E-state index in [1.54, 1.807) is 7.11 Å². The van der Waals surface area contributed by atoms with Crippen LogP contribution in [-0.4, -0.2) is 49.2 Å². The average Bonchev–Trinajstić information content (AvgIpc) is 2.34. The fraction of sp³-hybridized carbons (Fsp3) is 1.00. The number of aliphatic hydroxyl groups is 1. The van der Waals surface area contributed by atoms with Gasteiger partial charge in [0.25, 0.3) is 0 Å². The second-order valence-corrected chi connectivity index (χ2v) is 6.67. The third kappa shape index (κ3) is 7.06. The van der Waals surface area contributed by atoms with Gasteiger partial charge >= 0.3 is 0 Å². The summed E-state index contributed by atoms with van der Waals surface area (Å²) in [7, 11) is 1.61. The van der Waals surface area contributed by atoms with Gasteiger partial charge in [0.1, 0.15) is 6.79 Å². The van der Waals surface area contributed by atoms with Crippen molar-refractivity contribution >= 4 is 0 Å². The highest BCUT2D eigenvalue weighted by Gasteiger charge is 2.33. The Morgan fingerprint density at radius 3 is 2.57 bits per heavy atom. The highest BCUT2D eigenvalue weighted by atomic mass is 16.7. The molecular formula is C16H32O5. The first-order chi connectivity index (χ1) is 9.80. The van der Waals surface area contributed by atoms with Crippen LogP contribution >= 0.6 is 0 Å². The topological polar surface area (TPSA) is 57.2 Å². The fourth-order valence-electron chi connectivity index (χ4n) is 2.97. The molecule has 0 amide bonds. The molecular weight excluding hydrogens is 272 g/mol. The number of ether oxygens (including phenoxy) is 4. The lowest BCUT2D eigenvalue weighted by atomic mass is 9.93. The van der Waals surface area contributed by atoms with Gasteiger partial charge in [-0.1, -0.05) is 0 Å². The summed E-state index contributed by atoms with van der Waals surface area (Å²) in [4.78, 5) is 0. The van der Waals surface area contributed by atoms with Crippen LogP contribution in [0.5, 0.6) is 0 Å². The molecule has 0 unspecified atom stereocenters. The van der Waals surface area contributed by atoms with Crippen molar-refractivity contribution in [1.82, 2.24) is 0 Å². The largest absolute Gasteiger partial charge is 0.396 e. The third-order valence-electron chi connectivity index (χ3n) is 3.93. The van der Waals surface area contributed by atoms with Crippen molar-refractivity contribution in [3.05, 3.63) is 0 Å². The van der Waals surface area contributed by atoms with E-state index < -0.39 is 5.79 Å². The molecule has 3 atom stereocenters. The van der Waals surface area contributed by atoms with Gasteiger partial charge in [0.15, 0.2) is 5.79 Å². The quantitative estimate of drug-likeness (QED) is 0.664. The second-order valence-electron chi connectivity index (χ2n) is 6.67. The summed E-state index contributed by atoms with van der Waals surface area (Å²) in [6, 6.07) is 0. The fourth-order valence-corrected chi connectivity index (χ4v) is 2.97. The van der Waals surface area contributed by atoms with Crippen molar-refractivity contribution in [3.8, 4) is 0 Å². The summed E-state index contributed by atoms with van der Waals surface area (Å²) >= 11 is 0. The minimum absolute atomic E-state index is 0.123. The maximum atomic E-state index is 9.19. The molecule has 5 heteroatoms. The molecule has 0 aromatic rings. The van der Waals surface area contributed by atoms with Gasteiger partial charge < -0.3 is 24.1 Å². The Hall–Kier alpha value is -0.200. The van der Waals surface area contributed by atoms with E-state index in [4.69, 9.17) is 18.9 Å². The Labute approximate surface area is 128 Å². The van der Waals surface area contributed by atoms with Gasteiger partial charge in [-0.2, -0.15) is 0 Å². The van der Waals surface area contributed by atoms with Crippen LogP contribution in [0.1, 0.15) is 59.8 Å². The zero-order valence-electron chi connectivity index (χ0n) is 14.2. The van der Waals surface area contributed by atoms with Crippen LogP contribution in [0.25, 0.3) is 0 Å². The molecule has 1 N–H and O–H groups in total. The van der Waals surface area contributed by atoms with Gasteiger partial charge in [-0.25, -0.2) is 0 Å². The van der Waals surface area contributed by atoms with E-state index in [0.717, 1.165) is 25.7 Å². The van der Waals surface area contributed by atoms with Crippen molar-refractivity contribution in [3.63, 3.8) is 0 Å². The minimum atomic E-state index is -0.497. The molecule has 0 saturated carbocycles. The SMILES string of the molecule is COCO[C@](C)(CCO)CCC[C@@H]1C[C@H](C)OC(C)(C)O1. The van der Waals surface area contributed by atoms with E-state index in [9.17, 15) is 5.11 Å². The van der Waals surface area contributed by atoms with E-state index in [0.29, 0.717) is 6.42 Å². The summed E-state index contributed by atoms with van der Waals surface area (Å²) < 4.78 is 22.4. The molecule has 1 fully saturated rings. The Bertz CT molecular complexity index is 294. The lowest BCUT2D eigenvalue weighted by molar-refractivity contribution is -0.297. The summed E-state index contributed by atoms with van der Waals surface area (Å²) in [6.45, 7) is 8.43. The molecule has 0 radical (unpaired) electrons. The molecule has 1 saturated heterocycles. The number of rotatable bonds is 9. The molecule has 1 aliphatic rings. The van der Waals surface area contributed by atoms with Gasteiger partial charge in [-0.3, -0.25) is 0 Å². The monoisotopic (exact) mass is 304 g/mol. The molecule has 0 bridgehead atoms. The van der Waals surface area contributed by atoms with Gasteiger partial charge in [-0.15, -0.1) is 0 Å². The van der Waals surface area contributed by atoms with Gasteiger partial charge in [0, 0.05) is 13.7 Å². The van der Waals surface area contributed by atoms with Gasteiger partial charge in [-0.05, 0) is 59.8 Å². The lowest BCUT2D eigenvalue weighted by Gasteiger charge is -2.40. The molecule has 1 rings (SSSR count). The lowest BCUT2D eigenvalue weighted by Crippen LogP contribution is -2.43. The van der Waals surface area contributed by atoms with Crippen LogP contribution in [0.15, 0.2) is 0 Å². The second kappa shape index (κ2) is 8.44. The van der Waals surface area contributed by atoms with Crippen molar-refractivity contribution in [2.45, 2.75) is 83.4 Å².